The molecule has 1 saturated carbocycles. The fourth-order valence-corrected chi connectivity index (χ4v) is 2.87. The van der Waals surface area contributed by atoms with Gasteiger partial charge in [-0.2, -0.15) is 0 Å². The van der Waals surface area contributed by atoms with Gasteiger partial charge in [-0.05, 0) is 31.0 Å². The molecule has 3 nitrogen and oxygen atoms in total. The molecule has 0 aromatic heterocycles. The third-order valence-electron chi connectivity index (χ3n) is 4.15. The maximum atomic E-state index is 13.5. The lowest BCUT2D eigenvalue weighted by Crippen LogP contribution is -2.37. The summed E-state index contributed by atoms with van der Waals surface area (Å²) in [6, 6.07) is 3.05. The van der Waals surface area contributed by atoms with Gasteiger partial charge in [0.05, 0.1) is 6.10 Å². The molecule has 1 unspecified atom stereocenters. The van der Waals surface area contributed by atoms with Gasteiger partial charge in [0.25, 0.3) is 0 Å². The molecule has 1 aromatic carbocycles. The standard InChI is InChI=1S/C15H21F2NO2/c16-11-3-4-13(17)12(7-11)14(20)8-18-9-15(10-19)5-1-2-6-15/h3-4,7,14,18-20H,1-2,5-6,8-10H2. The van der Waals surface area contributed by atoms with Crippen LogP contribution in [0.3, 0.4) is 0 Å². The van der Waals surface area contributed by atoms with Gasteiger partial charge in [-0.25, -0.2) is 8.78 Å². The van der Waals surface area contributed by atoms with Gasteiger partial charge in [0, 0.05) is 30.7 Å². The largest absolute Gasteiger partial charge is 0.396 e. The van der Waals surface area contributed by atoms with Crippen molar-refractivity contribution in [2.75, 3.05) is 19.7 Å². The second-order valence-corrected chi connectivity index (χ2v) is 5.68. The van der Waals surface area contributed by atoms with E-state index in [0.717, 1.165) is 43.9 Å². The molecule has 20 heavy (non-hydrogen) atoms. The van der Waals surface area contributed by atoms with Gasteiger partial charge in [-0.1, -0.05) is 12.8 Å². The molecule has 0 bridgehead atoms. The van der Waals surface area contributed by atoms with Gasteiger partial charge in [0.15, 0.2) is 0 Å². The molecular formula is C15H21F2NO2. The number of halogens is 2. The summed E-state index contributed by atoms with van der Waals surface area (Å²) in [6.07, 6.45) is 3.02. The van der Waals surface area contributed by atoms with E-state index in [1.807, 2.05) is 0 Å². The first-order valence-corrected chi connectivity index (χ1v) is 7.01. The van der Waals surface area contributed by atoms with E-state index in [1.165, 1.54) is 0 Å². The van der Waals surface area contributed by atoms with Crippen molar-refractivity contribution in [3.8, 4) is 0 Å². The second-order valence-electron chi connectivity index (χ2n) is 5.68. The van der Waals surface area contributed by atoms with Crippen molar-refractivity contribution >= 4 is 0 Å². The molecule has 1 aliphatic rings. The Morgan fingerprint density at radius 1 is 1.25 bits per heavy atom. The Labute approximate surface area is 117 Å². The van der Waals surface area contributed by atoms with Crippen LogP contribution < -0.4 is 5.32 Å². The maximum absolute atomic E-state index is 13.5. The summed E-state index contributed by atoms with van der Waals surface area (Å²) in [5.74, 6) is -1.18. The predicted octanol–water partition coefficient (Wildman–Crippen LogP) is 2.14. The van der Waals surface area contributed by atoms with Crippen LogP contribution in [-0.4, -0.2) is 29.9 Å². The van der Waals surface area contributed by atoms with Crippen LogP contribution in [0.15, 0.2) is 18.2 Å². The molecule has 1 atom stereocenters. The van der Waals surface area contributed by atoms with Crippen LogP contribution in [0.5, 0.6) is 0 Å². The third-order valence-corrected chi connectivity index (χ3v) is 4.15. The Bertz CT molecular complexity index is 447. The highest BCUT2D eigenvalue weighted by Crippen LogP contribution is 2.36. The fraction of sp³-hybridized carbons (Fsp3) is 0.600. The summed E-state index contributed by atoms with van der Waals surface area (Å²) in [5.41, 5.74) is -0.165. The summed E-state index contributed by atoms with van der Waals surface area (Å²) in [5, 5.41) is 22.5. The summed E-state index contributed by atoms with van der Waals surface area (Å²) in [7, 11) is 0. The number of hydrogen-bond donors (Lipinski definition) is 3. The van der Waals surface area contributed by atoms with Crippen molar-refractivity contribution in [2.45, 2.75) is 31.8 Å². The van der Waals surface area contributed by atoms with Gasteiger partial charge in [0.2, 0.25) is 0 Å². The normalized spacial score (nSPS) is 19.2. The van der Waals surface area contributed by atoms with Crippen molar-refractivity contribution in [3.05, 3.63) is 35.4 Å². The Kier molecular flexibility index (Phi) is 5.07. The molecule has 112 valence electrons. The molecule has 1 fully saturated rings. The molecule has 0 heterocycles. The SMILES string of the molecule is OCC1(CNCC(O)c2cc(F)ccc2F)CCCC1. The zero-order valence-corrected chi connectivity index (χ0v) is 11.4. The van der Waals surface area contributed by atoms with Crippen LogP contribution in [0, 0.1) is 17.0 Å². The van der Waals surface area contributed by atoms with Crippen molar-refractivity contribution in [1.82, 2.24) is 5.32 Å². The van der Waals surface area contributed by atoms with E-state index in [9.17, 15) is 19.0 Å². The molecule has 0 aliphatic heterocycles. The number of rotatable bonds is 6. The van der Waals surface area contributed by atoms with Crippen LogP contribution >= 0.6 is 0 Å². The van der Waals surface area contributed by atoms with Crippen molar-refractivity contribution in [2.24, 2.45) is 5.41 Å². The van der Waals surface area contributed by atoms with Gasteiger partial charge in [0.1, 0.15) is 11.6 Å². The highest BCUT2D eigenvalue weighted by Gasteiger charge is 2.32. The highest BCUT2D eigenvalue weighted by atomic mass is 19.1. The molecule has 5 heteroatoms. The molecule has 3 N–H and O–H groups in total. The van der Waals surface area contributed by atoms with E-state index in [2.05, 4.69) is 5.32 Å². The smallest absolute Gasteiger partial charge is 0.129 e. The number of hydrogen-bond acceptors (Lipinski definition) is 3. The average Bonchev–Trinajstić information content (AvgIpc) is 2.91. The van der Waals surface area contributed by atoms with Crippen LogP contribution in [0.1, 0.15) is 37.4 Å². The van der Waals surface area contributed by atoms with E-state index in [4.69, 9.17) is 0 Å². The first-order chi connectivity index (χ1) is 9.56. The van der Waals surface area contributed by atoms with Crippen LogP contribution in [-0.2, 0) is 0 Å². The van der Waals surface area contributed by atoms with Crippen molar-refractivity contribution in [1.29, 1.82) is 0 Å². The fourth-order valence-electron chi connectivity index (χ4n) is 2.87. The van der Waals surface area contributed by atoms with E-state index in [1.54, 1.807) is 0 Å². The zero-order chi connectivity index (χ0) is 14.6. The van der Waals surface area contributed by atoms with Crippen molar-refractivity contribution in [3.63, 3.8) is 0 Å². The maximum Gasteiger partial charge on any atom is 0.129 e. The number of aliphatic hydroxyl groups is 2. The van der Waals surface area contributed by atoms with Gasteiger partial charge in [-0.3, -0.25) is 0 Å². The quantitative estimate of drug-likeness (QED) is 0.750. The Morgan fingerprint density at radius 3 is 2.60 bits per heavy atom. The summed E-state index contributed by atoms with van der Waals surface area (Å²) in [4.78, 5) is 0. The minimum Gasteiger partial charge on any atom is -0.396 e. The van der Waals surface area contributed by atoms with E-state index in [0.29, 0.717) is 6.54 Å². The predicted molar refractivity (Wildman–Crippen MR) is 72.2 cm³/mol. The molecule has 0 saturated heterocycles. The molecular weight excluding hydrogens is 264 g/mol. The van der Waals surface area contributed by atoms with Crippen molar-refractivity contribution < 1.29 is 19.0 Å². The first-order valence-electron chi connectivity index (χ1n) is 7.01. The van der Waals surface area contributed by atoms with E-state index < -0.39 is 17.7 Å². The number of nitrogens with one attached hydrogen (secondary N) is 1. The monoisotopic (exact) mass is 285 g/mol. The third kappa shape index (κ3) is 3.53. The summed E-state index contributed by atoms with van der Waals surface area (Å²) in [6.45, 7) is 0.837. The molecule has 0 amide bonds. The minimum atomic E-state index is -1.09. The molecule has 1 aliphatic carbocycles. The number of benzene rings is 1. The molecule has 0 radical (unpaired) electrons. The highest BCUT2D eigenvalue weighted by molar-refractivity contribution is 5.21. The van der Waals surface area contributed by atoms with E-state index in [-0.39, 0.29) is 24.1 Å². The molecule has 2 rings (SSSR count). The summed E-state index contributed by atoms with van der Waals surface area (Å²) < 4.78 is 26.6. The second kappa shape index (κ2) is 6.61. The Hall–Kier alpha value is -1.04. The first kappa shape index (κ1) is 15.4. The van der Waals surface area contributed by atoms with Gasteiger partial charge >= 0.3 is 0 Å². The minimum absolute atomic E-state index is 0.0398. The lowest BCUT2D eigenvalue weighted by molar-refractivity contribution is 0.116. The molecule has 0 spiro atoms. The summed E-state index contributed by atoms with van der Waals surface area (Å²) >= 11 is 0. The van der Waals surface area contributed by atoms with Crippen LogP contribution in [0.2, 0.25) is 0 Å². The van der Waals surface area contributed by atoms with Crippen LogP contribution in [0.4, 0.5) is 8.78 Å². The average molecular weight is 285 g/mol. The lowest BCUT2D eigenvalue weighted by Gasteiger charge is -2.27. The van der Waals surface area contributed by atoms with Gasteiger partial charge < -0.3 is 15.5 Å². The zero-order valence-electron chi connectivity index (χ0n) is 11.4. The van der Waals surface area contributed by atoms with Gasteiger partial charge in [-0.15, -0.1) is 0 Å². The molecule has 1 aromatic rings. The Morgan fingerprint density at radius 2 is 1.95 bits per heavy atom. The van der Waals surface area contributed by atoms with Crippen LogP contribution in [0.25, 0.3) is 0 Å². The topological polar surface area (TPSA) is 52.5 Å². The van der Waals surface area contributed by atoms with E-state index >= 15 is 0 Å². The Balaban J connectivity index is 1.88. The number of aliphatic hydroxyl groups excluding tert-OH is 2. The lowest BCUT2D eigenvalue weighted by atomic mass is 9.87.